The number of carbonyl (C=O) groups excluding carboxylic acids is 1. The van der Waals surface area contributed by atoms with Gasteiger partial charge in [0.1, 0.15) is 11.7 Å². The largest absolute Gasteiger partial charge is 0.480 e. The van der Waals surface area contributed by atoms with Gasteiger partial charge in [-0.2, -0.15) is 11.8 Å². The minimum atomic E-state index is -0.962. The molecule has 1 aromatic carbocycles. The second kappa shape index (κ2) is 5.73. The highest BCUT2D eigenvalue weighted by atomic mass is 32.2. The fourth-order valence-electron chi connectivity index (χ4n) is 2.38. The van der Waals surface area contributed by atoms with Crippen LogP contribution in [0, 0.1) is 0 Å². The Labute approximate surface area is 126 Å². The minimum Gasteiger partial charge on any atom is -0.480 e. The van der Waals surface area contributed by atoms with E-state index in [0.717, 1.165) is 16.7 Å². The molecule has 1 amide bonds. The predicted octanol–water partition coefficient (Wildman–Crippen LogP) is 1.88. The summed E-state index contributed by atoms with van der Waals surface area (Å²) in [5, 5.41) is 10.2. The van der Waals surface area contributed by atoms with Crippen LogP contribution in [0.5, 0.6) is 0 Å². The van der Waals surface area contributed by atoms with Crippen LogP contribution >= 0.6 is 11.8 Å². The first kappa shape index (κ1) is 13.9. The van der Waals surface area contributed by atoms with Gasteiger partial charge in [0.25, 0.3) is 5.91 Å². The molecule has 0 aliphatic carbocycles. The SMILES string of the molecule is O=C(O)C1CSCCN1C(=O)c1ccc2ccccc2n1. The Kier molecular flexibility index (Phi) is 3.79. The number of amides is 1. The van der Waals surface area contributed by atoms with E-state index < -0.39 is 12.0 Å². The highest BCUT2D eigenvalue weighted by molar-refractivity contribution is 7.99. The van der Waals surface area contributed by atoms with Crippen molar-refractivity contribution in [2.75, 3.05) is 18.1 Å². The number of carbonyl (C=O) groups is 2. The van der Waals surface area contributed by atoms with Gasteiger partial charge >= 0.3 is 5.97 Å². The fourth-order valence-corrected chi connectivity index (χ4v) is 3.42. The van der Waals surface area contributed by atoms with Crippen molar-refractivity contribution in [1.82, 2.24) is 9.88 Å². The maximum atomic E-state index is 12.5. The van der Waals surface area contributed by atoms with Gasteiger partial charge in [-0.15, -0.1) is 0 Å². The van der Waals surface area contributed by atoms with Gasteiger partial charge in [-0.25, -0.2) is 9.78 Å². The summed E-state index contributed by atoms with van der Waals surface area (Å²) < 4.78 is 0. The lowest BCUT2D eigenvalue weighted by molar-refractivity contribution is -0.141. The maximum absolute atomic E-state index is 12.5. The molecule has 0 saturated carbocycles. The number of carboxylic acids is 1. The number of hydrogen-bond acceptors (Lipinski definition) is 4. The van der Waals surface area contributed by atoms with E-state index in [1.54, 1.807) is 17.8 Å². The van der Waals surface area contributed by atoms with Gasteiger partial charge in [0.05, 0.1) is 5.52 Å². The first-order valence-electron chi connectivity index (χ1n) is 6.64. The van der Waals surface area contributed by atoms with Crippen molar-refractivity contribution >= 4 is 34.5 Å². The summed E-state index contributed by atoms with van der Waals surface area (Å²) in [7, 11) is 0. The average Bonchev–Trinajstić information content (AvgIpc) is 2.53. The molecule has 108 valence electrons. The first-order valence-corrected chi connectivity index (χ1v) is 7.79. The van der Waals surface area contributed by atoms with Crippen LogP contribution in [0.25, 0.3) is 10.9 Å². The molecule has 0 spiro atoms. The Morgan fingerprint density at radius 1 is 1.24 bits per heavy atom. The summed E-state index contributed by atoms with van der Waals surface area (Å²) in [5.41, 5.74) is 1.04. The van der Waals surface area contributed by atoms with Gasteiger partial charge in [0.2, 0.25) is 0 Å². The molecule has 21 heavy (non-hydrogen) atoms. The van der Waals surface area contributed by atoms with Crippen molar-refractivity contribution in [3.05, 3.63) is 42.1 Å². The number of pyridine rings is 1. The molecule has 5 nitrogen and oxygen atoms in total. The molecule has 2 heterocycles. The molecule has 2 aromatic rings. The Hall–Kier alpha value is -2.08. The van der Waals surface area contributed by atoms with Gasteiger partial charge in [0, 0.05) is 23.4 Å². The number of thioether (sulfide) groups is 1. The third-order valence-electron chi connectivity index (χ3n) is 3.49. The molecule has 0 bridgehead atoms. The van der Waals surface area contributed by atoms with E-state index in [0.29, 0.717) is 18.0 Å². The van der Waals surface area contributed by atoms with Crippen molar-refractivity contribution in [2.24, 2.45) is 0 Å². The lowest BCUT2D eigenvalue weighted by atomic mass is 10.2. The predicted molar refractivity (Wildman–Crippen MR) is 81.5 cm³/mol. The van der Waals surface area contributed by atoms with E-state index in [1.165, 1.54) is 4.90 Å². The highest BCUT2D eigenvalue weighted by Crippen LogP contribution is 2.20. The third-order valence-corrected chi connectivity index (χ3v) is 4.51. The first-order chi connectivity index (χ1) is 10.2. The van der Waals surface area contributed by atoms with Crippen LogP contribution in [0.3, 0.4) is 0 Å². The molecule has 1 saturated heterocycles. The standard InChI is InChI=1S/C15H14N2O3S/c18-14(17-7-8-21-9-13(17)15(19)20)12-6-5-10-3-1-2-4-11(10)16-12/h1-6,13H,7-9H2,(H,19,20). The average molecular weight is 302 g/mol. The van der Waals surface area contributed by atoms with E-state index in [1.807, 2.05) is 30.3 Å². The molecule has 1 aliphatic rings. The molecule has 1 aliphatic heterocycles. The number of carboxylic acid groups (broad SMARTS) is 1. The van der Waals surface area contributed by atoms with E-state index in [2.05, 4.69) is 4.98 Å². The Morgan fingerprint density at radius 3 is 2.86 bits per heavy atom. The summed E-state index contributed by atoms with van der Waals surface area (Å²) in [6.45, 7) is 0.439. The summed E-state index contributed by atoms with van der Waals surface area (Å²) in [4.78, 5) is 29.6. The number of para-hydroxylation sites is 1. The molecule has 1 aromatic heterocycles. The molecule has 0 radical (unpaired) electrons. The summed E-state index contributed by atoms with van der Waals surface area (Å²) in [6, 6.07) is 10.3. The monoisotopic (exact) mass is 302 g/mol. The molecule has 6 heteroatoms. The van der Waals surface area contributed by atoms with E-state index in [4.69, 9.17) is 0 Å². The molecule has 1 atom stereocenters. The lowest BCUT2D eigenvalue weighted by Gasteiger charge is -2.32. The summed E-state index contributed by atoms with van der Waals surface area (Å²) in [5.74, 6) is -0.0950. The van der Waals surface area contributed by atoms with Gasteiger partial charge in [-0.3, -0.25) is 4.79 Å². The normalized spacial score (nSPS) is 18.7. The van der Waals surface area contributed by atoms with Gasteiger partial charge in [0.15, 0.2) is 0 Å². The van der Waals surface area contributed by atoms with Gasteiger partial charge in [-0.1, -0.05) is 24.3 Å². The number of benzene rings is 1. The summed E-state index contributed by atoms with van der Waals surface area (Å²) >= 11 is 1.56. The number of aromatic nitrogens is 1. The molecule has 3 rings (SSSR count). The second-order valence-electron chi connectivity index (χ2n) is 4.82. The van der Waals surface area contributed by atoms with Crippen molar-refractivity contribution in [3.63, 3.8) is 0 Å². The number of hydrogen-bond donors (Lipinski definition) is 1. The summed E-state index contributed by atoms with van der Waals surface area (Å²) in [6.07, 6.45) is 0. The zero-order valence-corrected chi connectivity index (χ0v) is 12.0. The van der Waals surface area contributed by atoms with Crippen LogP contribution in [0.2, 0.25) is 0 Å². The van der Waals surface area contributed by atoms with Crippen molar-refractivity contribution in [2.45, 2.75) is 6.04 Å². The second-order valence-corrected chi connectivity index (χ2v) is 5.97. The van der Waals surface area contributed by atoms with Gasteiger partial charge in [-0.05, 0) is 12.1 Å². The molecular formula is C15H14N2O3S. The molecular weight excluding hydrogens is 288 g/mol. The van der Waals surface area contributed by atoms with E-state index >= 15 is 0 Å². The van der Waals surface area contributed by atoms with Crippen LogP contribution in [0.4, 0.5) is 0 Å². The Morgan fingerprint density at radius 2 is 2.05 bits per heavy atom. The quantitative estimate of drug-likeness (QED) is 0.917. The smallest absolute Gasteiger partial charge is 0.327 e. The van der Waals surface area contributed by atoms with Crippen LogP contribution < -0.4 is 0 Å². The Balaban J connectivity index is 1.93. The van der Waals surface area contributed by atoms with E-state index in [-0.39, 0.29) is 5.91 Å². The zero-order valence-electron chi connectivity index (χ0n) is 11.2. The third kappa shape index (κ3) is 2.71. The minimum absolute atomic E-state index is 0.298. The van der Waals surface area contributed by atoms with Crippen molar-refractivity contribution < 1.29 is 14.7 Å². The van der Waals surface area contributed by atoms with Gasteiger partial charge < -0.3 is 10.0 Å². The lowest BCUT2D eigenvalue weighted by Crippen LogP contribution is -2.50. The van der Waals surface area contributed by atoms with Crippen LogP contribution in [0.15, 0.2) is 36.4 Å². The number of aliphatic carboxylic acids is 1. The molecule has 1 N–H and O–H groups in total. The Bertz CT molecular complexity index is 704. The number of rotatable bonds is 2. The van der Waals surface area contributed by atoms with Crippen molar-refractivity contribution in [1.29, 1.82) is 0 Å². The zero-order chi connectivity index (χ0) is 14.8. The topological polar surface area (TPSA) is 70.5 Å². The molecule has 1 unspecified atom stereocenters. The molecule has 1 fully saturated rings. The van der Waals surface area contributed by atoms with Crippen LogP contribution in [0.1, 0.15) is 10.5 Å². The van der Waals surface area contributed by atoms with Crippen molar-refractivity contribution in [3.8, 4) is 0 Å². The number of fused-ring (bicyclic) bond motifs is 1. The maximum Gasteiger partial charge on any atom is 0.327 e. The fraction of sp³-hybridized carbons (Fsp3) is 0.267. The van der Waals surface area contributed by atoms with Crippen LogP contribution in [-0.2, 0) is 4.79 Å². The number of nitrogens with zero attached hydrogens (tertiary/aromatic N) is 2. The van der Waals surface area contributed by atoms with E-state index in [9.17, 15) is 14.7 Å². The van der Waals surface area contributed by atoms with Crippen LogP contribution in [-0.4, -0.2) is 51.0 Å². The highest BCUT2D eigenvalue weighted by Gasteiger charge is 2.33.